The molecule has 0 heterocycles. The van der Waals surface area contributed by atoms with Crippen LogP contribution in [0.4, 0.5) is 0 Å². The summed E-state index contributed by atoms with van der Waals surface area (Å²) in [5, 5.41) is 11.5. The third-order valence-electron chi connectivity index (χ3n) is 3.05. The highest BCUT2D eigenvalue weighted by atomic mass is 35.5. The third-order valence-corrected chi connectivity index (χ3v) is 3.76. The van der Waals surface area contributed by atoms with Crippen LogP contribution >= 0.6 is 23.2 Å². The molecule has 1 aromatic carbocycles. The van der Waals surface area contributed by atoms with Crippen LogP contribution in [-0.4, -0.2) is 10.7 Å². The van der Waals surface area contributed by atoms with Gasteiger partial charge >= 0.3 is 0 Å². The molecule has 3 heteroatoms. The Morgan fingerprint density at radius 1 is 1.33 bits per heavy atom. The number of halogens is 2. The predicted octanol–water partition coefficient (Wildman–Crippen LogP) is 3.70. The van der Waals surface area contributed by atoms with Gasteiger partial charge in [0.05, 0.1) is 5.60 Å². The molecule has 1 fully saturated rings. The van der Waals surface area contributed by atoms with Crippen LogP contribution in [0.2, 0.25) is 10.0 Å². The van der Waals surface area contributed by atoms with E-state index in [1.165, 1.54) is 0 Å². The fourth-order valence-corrected chi connectivity index (χ4v) is 2.44. The zero-order valence-corrected chi connectivity index (χ0v) is 10.1. The lowest BCUT2D eigenvalue weighted by molar-refractivity contribution is 0.0372. The molecule has 0 amide bonds. The van der Waals surface area contributed by atoms with Gasteiger partial charge in [-0.25, -0.2) is 0 Å². The molecule has 0 spiro atoms. The van der Waals surface area contributed by atoms with Crippen molar-refractivity contribution < 1.29 is 5.11 Å². The summed E-state index contributed by atoms with van der Waals surface area (Å²) in [6.45, 7) is 1.87. The van der Waals surface area contributed by atoms with Crippen molar-refractivity contribution in [1.82, 2.24) is 0 Å². The molecule has 82 valence electrons. The zero-order chi connectivity index (χ0) is 11.1. The van der Waals surface area contributed by atoms with Crippen molar-refractivity contribution in [3.63, 3.8) is 0 Å². The van der Waals surface area contributed by atoms with Crippen LogP contribution in [0.25, 0.3) is 0 Å². The van der Waals surface area contributed by atoms with E-state index in [1.54, 1.807) is 0 Å². The average Bonchev–Trinajstić information content (AvgIpc) is 2.94. The number of aliphatic hydroxyl groups is 1. The van der Waals surface area contributed by atoms with Gasteiger partial charge in [-0.1, -0.05) is 29.3 Å². The lowest BCUT2D eigenvalue weighted by Crippen LogP contribution is -2.30. The van der Waals surface area contributed by atoms with Crippen molar-refractivity contribution >= 4 is 23.2 Å². The smallest absolute Gasteiger partial charge is 0.0689 e. The maximum Gasteiger partial charge on any atom is 0.0689 e. The van der Waals surface area contributed by atoms with E-state index in [2.05, 4.69) is 0 Å². The van der Waals surface area contributed by atoms with E-state index in [0.717, 1.165) is 18.4 Å². The second-order valence-electron chi connectivity index (χ2n) is 4.51. The van der Waals surface area contributed by atoms with Gasteiger partial charge in [-0.2, -0.15) is 0 Å². The van der Waals surface area contributed by atoms with E-state index in [-0.39, 0.29) is 0 Å². The van der Waals surface area contributed by atoms with E-state index in [1.807, 2.05) is 25.1 Å². The standard InChI is InChI=1S/C12H14Cl2O/c1-12(15,8-5-6-8)7-9-10(13)3-2-4-11(9)14/h2-4,8,15H,5-7H2,1H3. The molecule has 0 aromatic heterocycles. The van der Waals surface area contributed by atoms with Crippen LogP contribution < -0.4 is 0 Å². The van der Waals surface area contributed by atoms with Crippen molar-refractivity contribution in [2.24, 2.45) is 5.92 Å². The van der Waals surface area contributed by atoms with Crippen LogP contribution in [0.3, 0.4) is 0 Å². The van der Waals surface area contributed by atoms with Gasteiger partial charge in [-0.15, -0.1) is 0 Å². The first-order valence-corrected chi connectivity index (χ1v) is 5.91. The molecule has 0 aliphatic heterocycles. The second-order valence-corrected chi connectivity index (χ2v) is 5.32. The number of hydrogen-bond acceptors (Lipinski definition) is 1. The maximum absolute atomic E-state index is 10.2. The summed E-state index contributed by atoms with van der Waals surface area (Å²) in [4.78, 5) is 0. The highest BCUT2D eigenvalue weighted by Gasteiger charge is 2.40. The minimum atomic E-state index is -0.672. The van der Waals surface area contributed by atoms with Crippen molar-refractivity contribution in [2.45, 2.75) is 31.8 Å². The fraction of sp³-hybridized carbons (Fsp3) is 0.500. The van der Waals surface area contributed by atoms with Gasteiger partial charge in [-0.3, -0.25) is 0 Å². The van der Waals surface area contributed by atoms with Gasteiger partial charge in [0, 0.05) is 16.5 Å². The van der Waals surface area contributed by atoms with Gasteiger partial charge in [0.2, 0.25) is 0 Å². The second kappa shape index (κ2) is 3.97. The van der Waals surface area contributed by atoms with Crippen LogP contribution in [0.5, 0.6) is 0 Å². The molecular formula is C12H14Cl2O. The van der Waals surface area contributed by atoms with E-state index < -0.39 is 5.60 Å². The minimum Gasteiger partial charge on any atom is -0.390 e. The molecular weight excluding hydrogens is 231 g/mol. The van der Waals surface area contributed by atoms with E-state index in [0.29, 0.717) is 22.4 Å². The normalized spacial score (nSPS) is 20.0. The fourth-order valence-electron chi connectivity index (χ4n) is 1.91. The lowest BCUT2D eigenvalue weighted by atomic mass is 9.92. The summed E-state index contributed by atoms with van der Waals surface area (Å²) in [5.74, 6) is 0.407. The highest BCUT2D eigenvalue weighted by Crippen LogP contribution is 2.42. The Hall–Kier alpha value is -0.240. The molecule has 1 N–H and O–H groups in total. The summed E-state index contributed by atoms with van der Waals surface area (Å²) < 4.78 is 0. The van der Waals surface area contributed by atoms with Crippen molar-refractivity contribution in [3.8, 4) is 0 Å². The Morgan fingerprint density at radius 2 is 1.87 bits per heavy atom. The average molecular weight is 245 g/mol. The first kappa shape index (κ1) is 11.3. The van der Waals surface area contributed by atoms with Crippen LogP contribution in [-0.2, 0) is 6.42 Å². The molecule has 0 saturated heterocycles. The van der Waals surface area contributed by atoms with Gasteiger partial charge in [0.25, 0.3) is 0 Å². The van der Waals surface area contributed by atoms with Gasteiger partial charge in [-0.05, 0) is 43.4 Å². The first-order valence-electron chi connectivity index (χ1n) is 5.16. The van der Waals surface area contributed by atoms with Crippen LogP contribution in [0.15, 0.2) is 18.2 Å². The maximum atomic E-state index is 10.2. The van der Waals surface area contributed by atoms with Gasteiger partial charge in [0.15, 0.2) is 0 Å². The first-order chi connectivity index (χ1) is 7.00. The molecule has 1 atom stereocenters. The number of hydrogen-bond donors (Lipinski definition) is 1. The van der Waals surface area contributed by atoms with Crippen molar-refractivity contribution in [3.05, 3.63) is 33.8 Å². The van der Waals surface area contributed by atoms with E-state index in [4.69, 9.17) is 23.2 Å². The highest BCUT2D eigenvalue weighted by molar-refractivity contribution is 6.36. The molecule has 0 bridgehead atoms. The third kappa shape index (κ3) is 2.47. The Bertz CT molecular complexity index is 350. The van der Waals surface area contributed by atoms with Gasteiger partial charge < -0.3 is 5.11 Å². The van der Waals surface area contributed by atoms with Crippen molar-refractivity contribution in [1.29, 1.82) is 0 Å². The summed E-state index contributed by atoms with van der Waals surface area (Å²) in [5.41, 5.74) is 0.187. The topological polar surface area (TPSA) is 20.2 Å². The summed E-state index contributed by atoms with van der Waals surface area (Å²) in [7, 11) is 0. The molecule has 1 unspecified atom stereocenters. The Kier molecular flexibility index (Phi) is 2.98. The van der Waals surface area contributed by atoms with Crippen LogP contribution in [0, 0.1) is 5.92 Å². The Morgan fingerprint density at radius 3 is 2.33 bits per heavy atom. The quantitative estimate of drug-likeness (QED) is 0.860. The molecule has 1 aliphatic rings. The minimum absolute atomic E-state index is 0.407. The molecule has 2 rings (SSSR count). The van der Waals surface area contributed by atoms with Crippen LogP contribution in [0.1, 0.15) is 25.3 Å². The molecule has 1 aromatic rings. The lowest BCUT2D eigenvalue weighted by Gasteiger charge is -2.24. The predicted molar refractivity (Wildman–Crippen MR) is 63.5 cm³/mol. The number of benzene rings is 1. The molecule has 1 nitrogen and oxygen atoms in total. The van der Waals surface area contributed by atoms with Gasteiger partial charge in [0.1, 0.15) is 0 Å². The monoisotopic (exact) mass is 244 g/mol. The zero-order valence-electron chi connectivity index (χ0n) is 8.63. The largest absolute Gasteiger partial charge is 0.390 e. The summed E-state index contributed by atoms with van der Waals surface area (Å²) in [6, 6.07) is 5.44. The Balaban J connectivity index is 2.23. The van der Waals surface area contributed by atoms with E-state index in [9.17, 15) is 5.11 Å². The number of rotatable bonds is 3. The summed E-state index contributed by atoms with van der Waals surface area (Å²) >= 11 is 12.1. The molecule has 15 heavy (non-hydrogen) atoms. The van der Waals surface area contributed by atoms with Crippen molar-refractivity contribution in [2.75, 3.05) is 0 Å². The molecule has 1 saturated carbocycles. The summed E-state index contributed by atoms with van der Waals surface area (Å²) in [6.07, 6.45) is 2.75. The molecule has 0 radical (unpaired) electrons. The Labute approximate surface area is 100 Å². The van der Waals surface area contributed by atoms with E-state index >= 15 is 0 Å². The molecule has 1 aliphatic carbocycles. The SMILES string of the molecule is CC(O)(Cc1c(Cl)cccc1Cl)C1CC1.